The Morgan fingerprint density at radius 2 is 2.04 bits per heavy atom. The number of carbonyl (C=O) groups excluding carboxylic acids is 1. The number of rotatable bonds is 3. The van der Waals surface area contributed by atoms with E-state index in [0.717, 1.165) is 46.9 Å². The molecule has 0 saturated carbocycles. The molecule has 2 aliphatic heterocycles. The van der Waals surface area contributed by atoms with Crippen molar-refractivity contribution >= 4 is 16.9 Å². The molecule has 0 radical (unpaired) electrons. The molecule has 1 amide bonds. The summed E-state index contributed by atoms with van der Waals surface area (Å²) in [6, 6.07) is 11.5. The van der Waals surface area contributed by atoms with Crippen LogP contribution in [0, 0.1) is 0 Å². The van der Waals surface area contributed by atoms with Crippen molar-refractivity contribution in [1.29, 1.82) is 0 Å². The largest absolute Gasteiger partial charge is 0.454 e. The molecule has 0 aliphatic carbocycles. The summed E-state index contributed by atoms with van der Waals surface area (Å²) in [6.07, 6.45) is 3.39. The highest BCUT2D eigenvalue weighted by Gasteiger charge is 2.17. The Hall–Kier alpha value is -3.02. The predicted molar refractivity (Wildman–Crippen MR) is 96.4 cm³/mol. The molecule has 3 aromatic rings. The highest BCUT2D eigenvalue weighted by molar-refractivity contribution is 5.97. The number of aromatic nitrogens is 2. The third kappa shape index (κ3) is 2.58. The minimum absolute atomic E-state index is 0.101. The van der Waals surface area contributed by atoms with Gasteiger partial charge in [-0.2, -0.15) is 0 Å². The van der Waals surface area contributed by atoms with E-state index in [4.69, 9.17) is 14.5 Å². The lowest BCUT2D eigenvalue weighted by Crippen LogP contribution is -2.22. The van der Waals surface area contributed by atoms with Crippen LogP contribution in [-0.2, 0) is 19.5 Å². The van der Waals surface area contributed by atoms with Crippen LogP contribution in [0.5, 0.6) is 11.5 Å². The first-order chi connectivity index (χ1) is 12.8. The molecule has 132 valence electrons. The van der Waals surface area contributed by atoms with Crippen LogP contribution in [0.1, 0.15) is 34.6 Å². The van der Waals surface area contributed by atoms with E-state index in [1.165, 1.54) is 12.8 Å². The van der Waals surface area contributed by atoms with Crippen LogP contribution in [0.25, 0.3) is 11.0 Å². The Labute approximate surface area is 150 Å². The normalized spacial score (nSPS) is 15.1. The first-order valence-electron chi connectivity index (χ1n) is 8.94. The van der Waals surface area contributed by atoms with Crippen LogP contribution >= 0.6 is 0 Å². The van der Waals surface area contributed by atoms with Crippen LogP contribution in [0.15, 0.2) is 36.4 Å². The summed E-state index contributed by atoms with van der Waals surface area (Å²) in [5.41, 5.74) is 3.62. The van der Waals surface area contributed by atoms with Crippen LogP contribution in [-0.4, -0.2) is 22.3 Å². The molecule has 5 rings (SSSR count). The summed E-state index contributed by atoms with van der Waals surface area (Å²) in [5, 5.41) is 2.96. The molecule has 26 heavy (non-hydrogen) atoms. The van der Waals surface area contributed by atoms with Crippen LogP contribution in [0.2, 0.25) is 0 Å². The number of amides is 1. The number of benzene rings is 2. The summed E-state index contributed by atoms with van der Waals surface area (Å²) < 4.78 is 12.9. The Morgan fingerprint density at radius 3 is 3.00 bits per heavy atom. The average molecular weight is 349 g/mol. The van der Waals surface area contributed by atoms with Gasteiger partial charge in [-0.25, -0.2) is 4.98 Å². The van der Waals surface area contributed by atoms with E-state index in [1.54, 1.807) is 0 Å². The highest BCUT2D eigenvalue weighted by Crippen LogP contribution is 2.32. The molecule has 0 saturated heterocycles. The molecular weight excluding hydrogens is 330 g/mol. The van der Waals surface area contributed by atoms with Gasteiger partial charge < -0.3 is 19.4 Å². The first-order valence-corrected chi connectivity index (χ1v) is 8.94. The van der Waals surface area contributed by atoms with E-state index in [2.05, 4.69) is 9.88 Å². The lowest BCUT2D eigenvalue weighted by molar-refractivity contribution is 0.0951. The van der Waals surface area contributed by atoms with Crippen LogP contribution in [0.3, 0.4) is 0 Å². The molecule has 6 heteroatoms. The molecule has 0 bridgehead atoms. The van der Waals surface area contributed by atoms with E-state index in [-0.39, 0.29) is 12.7 Å². The summed E-state index contributed by atoms with van der Waals surface area (Å²) in [6.45, 7) is 1.70. The second-order valence-corrected chi connectivity index (χ2v) is 6.71. The van der Waals surface area contributed by atoms with Gasteiger partial charge in [0.15, 0.2) is 11.5 Å². The number of ether oxygens (including phenoxy) is 2. The van der Waals surface area contributed by atoms with Crippen LogP contribution < -0.4 is 14.8 Å². The first kappa shape index (κ1) is 15.3. The lowest BCUT2D eigenvalue weighted by atomic mass is 10.1. The maximum absolute atomic E-state index is 12.5. The average Bonchev–Trinajstić information content (AvgIpc) is 3.29. The number of hydrogen-bond acceptors (Lipinski definition) is 4. The van der Waals surface area contributed by atoms with Crippen molar-refractivity contribution in [3.05, 3.63) is 53.3 Å². The van der Waals surface area contributed by atoms with E-state index in [0.29, 0.717) is 12.1 Å². The fourth-order valence-electron chi connectivity index (χ4n) is 3.65. The highest BCUT2D eigenvalue weighted by atomic mass is 16.7. The summed E-state index contributed by atoms with van der Waals surface area (Å²) >= 11 is 0. The number of aryl methyl sites for hydroxylation is 2. The summed E-state index contributed by atoms with van der Waals surface area (Å²) in [4.78, 5) is 17.2. The standard InChI is InChI=1S/C20H19N3O3/c24-20(21-11-13-4-7-17-18(9-13)26-12-25-17)14-5-6-16-15(10-14)22-19-3-1-2-8-23(16)19/h4-7,9-10H,1-3,8,11-12H2,(H,21,24). The topological polar surface area (TPSA) is 65.4 Å². The van der Waals surface area contributed by atoms with E-state index < -0.39 is 0 Å². The Kier molecular flexibility index (Phi) is 3.55. The Bertz CT molecular complexity index is 1010. The maximum atomic E-state index is 12.5. The molecule has 1 aromatic heterocycles. The Balaban J connectivity index is 1.33. The molecule has 1 N–H and O–H groups in total. The van der Waals surface area contributed by atoms with Gasteiger partial charge in [-0.15, -0.1) is 0 Å². The molecule has 2 aromatic carbocycles. The Morgan fingerprint density at radius 1 is 1.12 bits per heavy atom. The molecular formula is C20H19N3O3. The van der Waals surface area contributed by atoms with Crippen molar-refractivity contribution in [1.82, 2.24) is 14.9 Å². The minimum atomic E-state index is -0.101. The molecule has 0 spiro atoms. The zero-order chi connectivity index (χ0) is 17.5. The molecule has 0 atom stereocenters. The van der Waals surface area contributed by atoms with Gasteiger partial charge in [-0.3, -0.25) is 4.79 Å². The van der Waals surface area contributed by atoms with Gasteiger partial charge >= 0.3 is 0 Å². The fraction of sp³-hybridized carbons (Fsp3) is 0.300. The van der Waals surface area contributed by atoms with E-state index >= 15 is 0 Å². The molecule has 2 aliphatic rings. The van der Waals surface area contributed by atoms with Crippen molar-refractivity contribution in [2.45, 2.75) is 32.4 Å². The minimum Gasteiger partial charge on any atom is -0.454 e. The smallest absolute Gasteiger partial charge is 0.251 e. The number of nitrogens with one attached hydrogen (secondary N) is 1. The third-order valence-electron chi connectivity index (χ3n) is 5.01. The monoisotopic (exact) mass is 349 g/mol. The summed E-state index contributed by atoms with van der Waals surface area (Å²) in [7, 11) is 0. The summed E-state index contributed by atoms with van der Waals surface area (Å²) in [5.74, 6) is 2.50. The van der Waals surface area contributed by atoms with Crippen molar-refractivity contribution in [2.24, 2.45) is 0 Å². The van der Waals surface area contributed by atoms with Gasteiger partial charge in [0.25, 0.3) is 5.91 Å². The van der Waals surface area contributed by atoms with Crippen LogP contribution in [0.4, 0.5) is 0 Å². The SMILES string of the molecule is O=C(NCc1ccc2c(c1)OCO2)c1ccc2c(c1)nc1n2CCCC1. The molecule has 0 fully saturated rings. The maximum Gasteiger partial charge on any atom is 0.251 e. The third-order valence-corrected chi connectivity index (χ3v) is 5.01. The second kappa shape index (κ2) is 6.05. The van der Waals surface area contributed by atoms with Crippen molar-refractivity contribution in [3.8, 4) is 11.5 Å². The number of fused-ring (bicyclic) bond motifs is 4. The van der Waals surface area contributed by atoms with Crippen molar-refractivity contribution in [2.75, 3.05) is 6.79 Å². The number of imidazole rings is 1. The number of hydrogen-bond donors (Lipinski definition) is 1. The van der Waals surface area contributed by atoms with Gasteiger partial charge in [0, 0.05) is 25.1 Å². The number of nitrogens with zero attached hydrogens (tertiary/aromatic N) is 2. The molecule has 3 heterocycles. The van der Waals surface area contributed by atoms with Crippen molar-refractivity contribution in [3.63, 3.8) is 0 Å². The molecule has 6 nitrogen and oxygen atoms in total. The van der Waals surface area contributed by atoms with Gasteiger partial charge in [0.05, 0.1) is 11.0 Å². The van der Waals surface area contributed by atoms with Gasteiger partial charge in [0.1, 0.15) is 5.82 Å². The van der Waals surface area contributed by atoms with E-state index in [9.17, 15) is 4.79 Å². The second-order valence-electron chi connectivity index (χ2n) is 6.71. The van der Waals surface area contributed by atoms with E-state index in [1.807, 2.05) is 36.4 Å². The van der Waals surface area contributed by atoms with Crippen molar-refractivity contribution < 1.29 is 14.3 Å². The van der Waals surface area contributed by atoms with Gasteiger partial charge in [0.2, 0.25) is 6.79 Å². The molecule has 0 unspecified atom stereocenters. The van der Waals surface area contributed by atoms with Gasteiger partial charge in [-0.1, -0.05) is 6.07 Å². The predicted octanol–water partition coefficient (Wildman–Crippen LogP) is 3.03. The lowest BCUT2D eigenvalue weighted by Gasteiger charge is -2.13. The van der Waals surface area contributed by atoms with Gasteiger partial charge in [-0.05, 0) is 48.7 Å². The number of carbonyl (C=O) groups is 1. The zero-order valence-electron chi connectivity index (χ0n) is 14.3. The fourth-order valence-corrected chi connectivity index (χ4v) is 3.65. The quantitative estimate of drug-likeness (QED) is 0.789. The zero-order valence-corrected chi connectivity index (χ0v) is 14.3.